The topological polar surface area (TPSA) is 43.4 Å². The summed E-state index contributed by atoms with van der Waals surface area (Å²) in [6.07, 6.45) is 6.18. The molecule has 0 aromatic rings. The molecule has 14 heavy (non-hydrogen) atoms. The summed E-state index contributed by atoms with van der Waals surface area (Å²) in [4.78, 5) is 21.9. The van der Waals surface area contributed by atoms with Crippen LogP contribution in [0.2, 0.25) is 0 Å². The molecule has 0 radical (unpaired) electrons. The molecule has 0 atom stereocenters. The van der Waals surface area contributed by atoms with Crippen LogP contribution in [0.1, 0.15) is 25.7 Å². The van der Waals surface area contributed by atoms with Gasteiger partial charge in [0, 0.05) is 5.92 Å². The second kappa shape index (κ2) is 6.06. The van der Waals surface area contributed by atoms with Crippen molar-refractivity contribution in [3.63, 3.8) is 0 Å². The van der Waals surface area contributed by atoms with Crippen LogP contribution in [0.4, 0.5) is 0 Å². The van der Waals surface area contributed by atoms with Gasteiger partial charge in [-0.2, -0.15) is 0 Å². The zero-order valence-corrected chi connectivity index (χ0v) is 9.22. The fraction of sp³-hybridized carbons (Fsp3) is 0.800. The monoisotopic (exact) mass is 216 g/mol. The minimum absolute atomic E-state index is 0.0262. The van der Waals surface area contributed by atoms with Crippen LogP contribution in [0.15, 0.2) is 0 Å². The molecule has 0 spiro atoms. The van der Waals surface area contributed by atoms with Gasteiger partial charge < -0.3 is 9.53 Å². The summed E-state index contributed by atoms with van der Waals surface area (Å²) in [5, 5.41) is 0. The van der Waals surface area contributed by atoms with Crippen molar-refractivity contribution >= 4 is 24.0 Å². The lowest BCUT2D eigenvalue weighted by Gasteiger charge is -2.23. The number of rotatable bonds is 4. The first-order valence-electron chi connectivity index (χ1n) is 4.88. The average Bonchev–Trinajstić information content (AvgIpc) is 2.26. The van der Waals surface area contributed by atoms with Gasteiger partial charge in [0.2, 0.25) is 0 Å². The molecule has 1 saturated carbocycles. The molecule has 4 heteroatoms. The summed E-state index contributed by atoms with van der Waals surface area (Å²) < 4.78 is 5.04. The highest BCUT2D eigenvalue weighted by Crippen LogP contribution is 2.28. The van der Waals surface area contributed by atoms with Gasteiger partial charge in [-0.05, 0) is 31.9 Å². The van der Waals surface area contributed by atoms with Crippen LogP contribution in [0.25, 0.3) is 0 Å². The van der Waals surface area contributed by atoms with Crippen molar-refractivity contribution in [3.8, 4) is 0 Å². The van der Waals surface area contributed by atoms with Crippen LogP contribution in [0, 0.1) is 11.8 Å². The van der Waals surface area contributed by atoms with Crippen molar-refractivity contribution in [2.24, 2.45) is 11.8 Å². The fourth-order valence-electron chi connectivity index (χ4n) is 1.73. The average molecular weight is 216 g/mol. The number of carbonyl (C=O) groups is 2. The lowest BCUT2D eigenvalue weighted by Crippen LogP contribution is -2.24. The molecular weight excluding hydrogens is 200 g/mol. The van der Waals surface area contributed by atoms with Crippen LogP contribution in [-0.4, -0.2) is 24.5 Å². The lowest BCUT2D eigenvalue weighted by atomic mass is 9.83. The van der Waals surface area contributed by atoms with Crippen molar-refractivity contribution < 1.29 is 14.3 Å². The van der Waals surface area contributed by atoms with Gasteiger partial charge in [0.1, 0.15) is 12.2 Å². The maximum atomic E-state index is 11.4. The summed E-state index contributed by atoms with van der Waals surface area (Å²) >= 11 is 1.50. The first kappa shape index (κ1) is 11.6. The smallest absolute Gasteiger partial charge is 0.309 e. The minimum atomic E-state index is -0.0938. The molecule has 0 aromatic heterocycles. The Balaban J connectivity index is 2.26. The molecule has 1 aliphatic rings. The summed E-state index contributed by atoms with van der Waals surface area (Å²) in [6, 6.07) is 0. The van der Waals surface area contributed by atoms with Crippen LogP contribution < -0.4 is 0 Å². The molecule has 0 aliphatic heterocycles. The van der Waals surface area contributed by atoms with E-state index in [0.717, 1.165) is 32.0 Å². The highest BCUT2D eigenvalue weighted by atomic mass is 32.2. The predicted octanol–water partition coefficient (Wildman–Crippen LogP) is 1.86. The fourth-order valence-corrected chi connectivity index (χ4v) is 1.96. The number of hydrogen-bond donors (Lipinski definition) is 0. The highest BCUT2D eigenvalue weighted by Gasteiger charge is 2.26. The maximum absolute atomic E-state index is 11.4. The maximum Gasteiger partial charge on any atom is 0.309 e. The molecule has 0 heterocycles. The first-order chi connectivity index (χ1) is 6.77. The van der Waals surface area contributed by atoms with Crippen LogP contribution >= 0.6 is 11.8 Å². The van der Waals surface area contributed by atoms with E-state index < -0.39 is 0 Å². The van der Waals surface area contributed by atoms with Crippen LogP contribution in [0.5, 0.6) is 0 Å². The number of thioether (sulfide) groups is 1. The van der Waals surface area contributed by atoms with Crippen LogP contribution in [-0.2, 0) is 14.3 Å². The lowest BCUT2D eigenvalue weighted by molar-refractivity contribution is -0.147. The van der Waals surface area contributed by atoms with Crippen molar-refractivity contribution in [1.82, 2.24) is 0 Å². The Hall–Kier alpha value is -0.510. The van der Waals surface area contributed by atoms with Crippen molar-refractivity contribution in [1.29, 1.82) is 0 Å². The van der Waals surface area contributed by atoms with Gasteiger partial charge in [-0.3, -0.25) is 4.79 Å². The van der Waals surface area contributed by atoms with Crippen LogP contribution in [0.3, 0.4) is 0 Å². The quantitative estimate of drug-likeness (QED) is 0.409. The molecular formula is C10H16O3S. The van der Waals surface area contributed by atoms with Crippen molar-refractivity contribution in [2.75, 3.05) is 12.2 Å². The van der Waals surface area contributed by atoms with E-state index in [9.17, 15) is 9.59 Å². The SMILES string of the molecule is CSCOC(=O)C1CCC(C=O)CC1. The summed E-state index contributed by atoms with van der Waals surface area (Å²) in [5.74, 6) is 0.536. The highest BCUT2D eigenvalue weighted by molar-refractivity contribution is 7.98. The van der Waals surface area contributed by atoms with Gasteiger partial charge in [-0.15, -0.1) is 11.8 Å². The van der Waals surface area contributed by atoms with E-state index in [1.165, 1.54) is 11.8 Å². The molecule has 1 aliphatic carbocycles. The Kier molecular flexibility index (Phi) is 5.01. The number of aldehydes is 1. The number of hydrogen-bond acceptors (Lipinski definition) is 4. The van der Waals surface area contributed by atoms with Gasteiger partial charge in [0.05, 0.1) is 5.92 Å². The zero-order chi connectivity index (χ0) is 10.4. The Morgan fingerprint density at radius 1 is 1.43 bits per heavy atom. The van der Waals surface area contributed by atoms with E-state index in [1.807, 2.05) is 6.26 Å². The molecule has 0 N–H and O–H groups in total. The third kappa shape index (κ3) is 3.33. The van der Waals surface area contributed by atoms with E-state index in [2.05, 4.69) is 0 Å². The molecule has 0 bridgehead atoms. The van der Waals surface area contributed by atoms with E-state index in [-0.39, 0.29) is 17.8 Å². The van der Waals surface area contributed by atoms with Gasteiger partial charge in [-0.25, -0.2) is 0 Å². The standard InChI is InChI=1S/C10H16O3S/c1-14-7-13-10(12)9-4-2-8(6-11)3-5-9/h6,8-9H,2-5,7H2,1H3. The second-order valence-electron chi connectivity index (χ2n) is 3.62. The molecule has 80 valence electrons. The van der Waals surface area contributed by atoms with Gasteiger partial charge >= 0.3 is 5.97 Å². The summed E-state index contributed by atoms with van der Waals surface area (Å²) in [6.45, 7) is 0. The second-order valence-corrected chi connectivity index (χ2v) is 4.43. The summed E-state index contributed by atoms with van der Waals surface area (Å²) in [5.41, 5.74) is 0. The molecule has 0 saturated heterocycles. The van der Waals surface area contributed by atoms with Gasteiger partial charge in [0.25, 0.3) is 0 Å². The molecule has 0 aromatic carbocycles. The zero-order valence-electron chi connectivity index (χ0n) is 8.40. The minimum Gasteiger partial charge on any atom is -0.454 e. The Morgan fingerprint density at radius 3 is 2.57 bits per heavy atom. The Bertz CT molecular complexity index is 198. The van der Waals surface area contributed by atoms with Crippen molar-refractivity contribution in [2.45, 2.75) is 25.7 Å². The normalized spacial score (nSPS) is 26.9. The number of esters is 1. The van der Waals surface area contributed by atoms with Gasteiger partial charge in [-0.1, -0.05) is 0 Å². The third-order valence-corrected chi connectivity index (χ3v) is 2.97. The Labute approximate surface area is 88.6 Å². The molecule has 0 amide bonds. The number of ether oxygens (including phenoxy) is 1. The predicted molar refractivity (Wildman–Crippen MR) is 56.0 cm³/mol. The largest absolute Gasteiger partial charge is 0.454 e. The first-order valence-corrected chi connectivity index (χ1v) is 6.28. The molecule has 1 rings (SSSR count). The van der Waals surface area contributed by atoms with E-state index in [0.29, 0.717) is 5.94 Å². The van der Waals surface area contributed by atoms with Gasteiger partial charge in [0.15, 0.2) is 0 Å². The number of carbonyl (C=O) groups excluding carboxylic acids is 2. The third-order valence-electron chi connectivity index (χ3n) is 2.62. The molecule has 0 unspecified atom stereocenters. The van der Waals surface area contributed by atoms with E-state index >= 15 is 0 Å². The van der Waals surface area contributed by atoms with Crippen molar-refractivity contribution in [3.05, 3.63) is 0 Å². The Morgan fingerprint density at radius 2 is 2.07 bits per heavy atom. The molecule has 3 nitrogen and oxygen atoms in total. The summed E-state index contributed by atoms with van der Waals surface area (Å²) in [7, 11) is 0. The van der Waals surface area contributed by atoms with E-state index in [4.69, 9.17) is 4.74 Å². The molecule has 1 fully saturated rings. The van der Waals surface area contributed by atoms with E-state index in [1.54, 1.807) is 0 Å².